The van der Waals surface area contributed by atoms with Crippen LogP contribution in [0.1, 0.15) is 12.5 Å². The van der Waals surface area contributed by atoms with E-state index < -0.39 is 0 Å². The number of aromatic nitrogens is 2. The number of carbonyl (C=O) groups excluding carboxylic acids is 1. The van der Waals surface area contributed by atoms with Crippen molar-refractivity contribution >= 4 is 11.8 Å². The molecule has 2 amide bonds. The van der Waals surface area contributed by atoms with Crippen molar-refractivity contribution in [1.82, 2.24) is 15.1 Å². The van der Waals surface area contributed by atoms with E-state index in [1.807, 2.05) is 38.1 Å². The summed E-state index contributed by atoms with van der Waals surface area (Å²) >= 11 is 0. The first-order chi connectivity index (χ1) is 10.0. The van der Waals surface area contributed by atoms with E-state index in [-0.39, 0.29) is 12.1 Å². The lowest BCUT2D eigenvalue weighted by Gasteiger charge is -2.16. The smallest absolute Gasteiger partial charge is 0.320 e. The zero-order valence-electron chi connectivity index (χ0n) is 12.5. The van der Waals surface area contributed by atoms with Crippen molar-refractivity contribution < 1.29 is 9.53 Å². The van der Waals surface area contributed by atoms with Crippen LogP contribution in [0.2, 0.25) is 0 Å². The number of para-hydroxylation sites is 1. The maximum atomic E-state index is 11.7. The van der Waals surface area contributed by atoms with Crippen molar-refractivity contribution in [2.45, 2.75) is 20.0 Å². The molecule has 2 aromatic rings. The zero-order valence-corrected chi connectivity index (χ0v) is 12.5. The SMILES string of the molecule is Cc1ccccc1OC(C)CNC(=O)Nc1ccn(C)n1. The maximum absolute atomic E-state index is 11.7. The molecule has 1 aromatic carbocycles. The summed E-state index contributed by atoms with van der Waals surface area (Å²) in [5.74, 6) is 1.35. The average molecular weight is 288 g/mol. The first kappa shape index (κ1) is 14.9. The Morgan fingerprint density at radius 2 is 2.14 bits per heavy atom. The Balaban J connectivity index is 1.77. The summed E-state index contributed by atoms with van der Waals surface area (Å²) in [6.07, 6.45) is 1.64. The number of anilines is 1. The molecule has 0 saturated carbocycles. The molecule has 1 atom stereocenters. The number of nitrogens with one attached hydrogen (secondary N) is 2. The fourth-order valence-corrected chi connectivity index (χ4v) is 1.83. The Morgan fingerprint density at radius 1 is 1.38 bits per heavy atom. The van der Waals surface area contributed by atoms with E-state index in [2.05, 4.69) is 15.7 Å². The molecule has 6 heteroatoms. The fourth-order valence-electron chi connectivity index (χ4n) is 1.83. The molecular formula is C15H20N4O2. The van der Waals surface area contributed by atoms with Gasteiger partial charge in [0, 0.05) is 19.3 Å². The molecule has 0 saturated heterocycles. The molecule has 21 heavy (non-hydrogen) atoms. The number of amides is 2. The van der Waals surface area contributed by atoms with E-state index in [4.69, 9.17) is 4.74 Å². The fraction of sp³-hybridized carbons (Fsp3) is 0.333. The Hall–Kier alpha value is -2.50. The van der Waals surface area contributed by atoms with Crippen molar-refractivity contribution in [3.63, 3.8) is 0 Å². The van der Waals surface area contributed by atoms with Gasteiger partial charge in [0.25, 0.3) is 0 Å². The van der Waals surface area contributed by atoms with Gasteiger partial charge in [0.15, 0.2) is 5.82 Å². The van der Waals surface area contributed by atoms with E-state index in [0.717, 1.165) is 11.3 Å². The summed E-state index contributed by atoms with van der Waals surface area (Å²) in [7, 11) is 1.79. The molecule has 2 N–H and O–H groups in total. The summed E-state index contributed by atoms with van der Waals surface area (Å²) in [4.78, 5) is 11.7. The van der Waals surface area contributed by atoms with Crippen LogP contribution in [0.4, 0.5) is 10.6 Å². The second-order valence-electron chi connectivity index (χ2n) is 4.90. The largest absolute Gasteiger partial charge is 0.489 e. The van der Waals surface area contributed by atoms with Crippen molar-refractivity contribution in [3.05, 3.63) is 42.1 Å². The highest BCUT2D eigenvalue weighted by Gasteiger charge is 2.09. The molecule has 1 heterocycles. The van der Waals surface area contributed by atoms with Gasteiger partial charge in [-0.15, -0.1) is 0 Å². The van der Waals surface area contributed by atoms with Gasteiger partial charge in [-0.25, -0.2) is 4.79 Å². The second-order valence-corrected chi connectivity index (χ2v) is 4.90. The topological polar surface area (TPSA) is 68.2 Å². The van der Waals surface area contributed by atoms with Crippen LogP contribution in [-0.4, -0.2) is 28.5 Å². The van der Waals surface area contributed by atoms with Crippen LogP contribution in [0.25, 0.3) is 0 Å². The normalized spacial score (nSPS) is 11.8. The molecule has 1 aromatic heterocycles. The molecule has 6 nitrogen and oxygen atoms in total. The molecule has 1 unspecified atom stereocenters. The number of nitrogens with zero attached hydrogens (tertiary/aromatic N) is 2. The van der Waals surface area contributed by atoms with E-state index in [9.17, 15) is 4.79 Å². The van der Waals surface area contributed by atoms with Gasteiger partial charge in [-0.3, -0.25) is 10.00 Å². The Kier molecular flexibility index (Phi) is 4.81. The number of hydrogen-bond donors (Lipinski definition) is 2. The standard InChI is InChI=1S/C15H20N4O2/c1-11-6-4-5-7-13(11)21-12(2)10-16-15(20)17-14-8-9-19(3)18-14/h4-9,12H,10H2,1-3H3,(H2,16,17,18,20). The molecule has 0 radical (unpaired) electrons. The molecule has 0 aliphatic rings. The third-order valence-corrected chi connectivity index (χ3v) is 2.93. The summed E-state index contributed by atoms with van der Waals surface area (Å²) in [6, 6.07) is 9.23. The van der Waals surface area contributed by atoms with E-state index in [1.165, 1.54) is 0 Å². The maximum Gasteiger partial charge on any atom is 0.320 e. The van der Waals surface area contributed by atoms with Gasteiger partial charge in [-0.2, -0.15) is 5.10 Å². The van der Waals surface area contributed by atoms with Crippen molar-refractivity contribution in [2.75, 3.05) is 11.9 Å². The van der Waals surface area contributed by atoms with Crippen LogP contribution in [0, 0.1) is 6.92 Å². The Labute approximate surface area is 124 Å². The number of rotatable bonds is 5. The first-order valence-corrected chi connectivity index (χ1v) is 6.81. The number of ether oxygens (including phenoxy) is 1. The number of carbonyl (C=O) groups is 1. The number of hydrogen-bond acceptors (Lipinski definition) is 3. The van der Waals surface area contributed by atoms with Crippen molar-refractivity contribution in [3.8, 4) is 5.75 Å². The minimum atomic E-state index is -0.297. The molecule has 0 aliphatic heterocycles. The molecule has 0 spiro atoms. The van der Waals surface area contributed by atoms with Gasteiger partial charge < -0.3 is 10.1 Å². The molecule has 0 aliphatic carbocycles. The number of aryl methyl sites for hydroxylation is 2. The van der Waals surface area contributed by atoms with E-state index >= 15 is 0 Å². The van der Waals surface area contributed by atoms with Gasteiger partial charge in [-0.05, 0) is 25.5 Å². The van der Waals surface area contributed by atoms with Crippen LogP contribution >= 0.6 is 0 Å². The molecular weight excluding hydrogens is 268 g/mol. The predicted octanol–water partition coefficient (Wildman–Crippen LogP) is 2.32. The average Bonchev–Trinajstić information content (AvgIpc) is 2.84. The van der Waals surface area contributed by atoms with Gasteiger partial charge >= 0.3 is 6.03 Å². The first-order valence-electron chi connectivity index (χ1n) is 6.81. The Bertz CT molecular complexity index is 609. The van der Waals surface area contributed by atoms with E-state index in [1.54, 1.807) is 24.0 Å². The van der Waals surface area contributed by atoms with Gasteiger partial charge in [0.1, 0.15) is 11.9 Å². The van der Waals surface area contributed by atoms with Crippen LogP contribution in [0.5, 0.6) is 5.75 Å². The molecule has 112 valence electrons. The minimum absolute atomic E-state index is 0.124. The van der Waals surface area contributed by atoms with E-state index in [0.29, 0.717) is 12.4 Å². The van der Waals surface area contributed by atoms with Gasteiger partial charge in [0.05, 0.1) is 6.54 Å². The zero-order chi connectivity index (χ0) is 15.2. The third-order valence-electron chi connectivity index (χ3n) is 2.93. The van der Waals surface area contributed by atoms with Crippen molar-refractivity contribution in [1.29, 1.82) is 0 Å². The monoisotopic (exact) mass is 288 g/mol. The lowest BCUT2D eigenvalue weighted by Crippen LogP contribution is -2.36. The summed E-state index contributed by atoms with van der Waals surface area (Å²) in [6.45, 7) is 4.31. The Morgan fingerprint density at radius 3 is 2.81 bits per heavy atom. The van der Waals surface area contributed by atoms with Gasteiger partial charge in [0.2, 0.25) is 0 Å². The highest BCUT2D eigenvalue weighted by atomic mass is 16.5. The number of benzene rings is 1. The number of urea groups is 1. The quantitative estimate of drug-likeness (QED) is 0.887. The van der Waals surface area contributed by atoms with Crippen LogP contribution < -0.4 is 15.4 Å². The van der Waals surface area contributed by atoms with Crippen LogP contribution in [0.3, 0.4) is 0 Å². The highest BCUT2D eigenvalue weighted by Crippen LogP contribution is 2.17. The van der Waals surface area contributed by atoms with Crippen LogP contribution in [0.15, 0.2) is 36.5 Å². The molecule has 2 rings (SSSR count). The summed E-state index contributed by atoms with van der Waals surface area (Å²) < 4.78 is 7.41. The lowest BCUT2D eigenvalue weighted by molar-refractivity contribution is 0.211. The van der Waals surface area contributed by atoms with Crippen LogP contribution in [-0.2, 0) is 7.05 Å². The summed E-state index contributed by atoms with van der Waals surface area (Å²) in [5.41, 5.74) is 1.07. The molecule has 0 bridgehead atoms. The highest BCUT2D eigenvalue weighted by molar-refractivity contribution is 5.88. The predicted molar refractivity (Wildman–Crippen MR) is 81.5 cm³/mol. The van der Waals surface area contributed by atoms with Gasteiger partial charge in [-0.1, -0.05) is 18.2 Å². The minimum Gasteiger partial charge on any atom is -0.489 e. The van der Waals surface area contributed by atoms with Crippen molar-refractivity contribution in [2.24, 2.45) is 7.05 Å². The third kappa shape index (κ3) is 4.52. The summed E-state index contributed by atoms with van der Waals surface area (Å²) in [5, 5.41) is 9.48. The lowest BCUT2D eigenvalue weighted by atomic mass is 10.2. The second kappa shape index (κ2) is 6.78. The molecule has 0 fully saturated rings.